The van der Waals surface area contributed by atoms with Crippen molar-refractivity contribution in [3.8, 4) is 5.75 Å². The molecule has 4 heteroatoms. The van der Waals surface area contributed by atoms with Crippen molar-refractivity contribution in [2.45, 2.75) is 18.9 Å². The highest BCUT2D eigenvalue weighted by atomic mass is 35.5. The predicted octanol–water partition coefficient (Wildman–Crippen LogP) is 3.89. The third-order valence-electron chi connectivity index (χ3n) is 4.16. The van der Waals surface area contributed by atoms with Crippen LogP contribution in [0, 0.1) is 0 Å². The molecule has 2 aromatic rings. The highest BCUT2D eigenvalue weighted by Crippen LogP contribution is 2.31. The topological polar surface area (TPSA) is 17.4 Å². The number of aryl methyl sites for hydroxylation is 1. The Morgan fingerprint density at radius 1 is 1.24 bits per heavy atom. The minimum Gasteiger partial charge on any atom is -0.491 e. The average Bonchev–Trinajstić information content (AvgIpc) is 3.09. The van der Waals surface area contributed by atoms with Gasteiger partial charge in [-0.1, -0.05) is 23.7 Å². The van der Waals surface area contributed by atoms with Gasteiger partial charge in [0.2, 0.25) is 0 Å². The number of halogens is 1. The maximum absolute atomic E-state index is 6.11. The summed E-state index contributed by atoms with van der Waals surface area (Å²) < 4.78 is 8.03. The van der Waals surface area contributed by atoms with E-state index in [4.69, 9.17) is 16.3 Å². The average molecular weight is 305 g/mol. The van der Waals surface area contributed by atoms with Crippen LogP contribution in [0.4, 0.5) is 0 Å². The summed E-state index contributed by atoms with van der Waals surface area (Å²) in [7, 11) is 2.12. The summed E-state index contributed by atoms with van der Waals surface area (Å²) >= 11 is 6.11. The van der Waals surface area contributed by atoms with Crippen molar-refractivity contribution in [3.63, 3.8) is 0 Å². The molecule has 1 aromatic heterocycles. The quantitative estimate of drug-likeness (QED) is 0.833. The first kappa shape index (κ1) is 14.5. The molecule has 21 heavy (non-hydrogen) atoms. The monoisotopic (exact) mass is 304 g/mol. The number of benzene rings is 1. The summed E-state index contributed by atoms with van der Waals surface area (Å²) in [6, 6.07) is 12.5. The number of hydrogen-bond donors (Lipinski definition) is 0. The van der Waals surface area contributed by atoms with E-state index in [-0.39, 0.29) is 0 Å². The molecule has 1 aliphatic rings. The van der Waals surface area contributed by atoms with Crippen LogP contribution in [0.15, 0.2) is 42.6 Å². The lowest BCUT2D eigenvalue weighted by Crippen LogP contribution is -2.29. The Bertz CT molecular complexity index is 596. The Kier molecular flexibility index (Phi) is 4.51. The smallest absolute Gasteiger partial charge is 0.137 e. The molecule has 3 rings (SSSR count). The van der Waals surface area contributed by atoms with E-state index in [9.17, 15) is 0 Å². The molecule has 0 bridgehead atoms. The van der Waals surface area contributed by atoms with Gasteiger partial charge >= 0.3 is 0 Å². The van der Waals surface area contributed by atoms with Gasteiger partial charge in [0.15, 0.2) is 0 Å². The van der Waals surface area contributed by atoms with Crippen molar-refractivity contribution in [1.29, 1.82) is 0 Å². The fourth-order valence-electron chi connectivity index (χ4n) is 3.08. The van der Waals surface area contributed by atoms with Crippen LogP contribution in [-0.2, 0) is 7.05 Å². The Morgan fingerprint density at radius 3 is 2.86 bits per heavy atom. The van der Waals surface area contributed by atoms with Gasteiger partial charge in [-0.15, -0.1) is 0 Å². The molecule has 1 unspecified atom stereocenters. The molecular formula is C17H21ClN2O. The van der Waals surface area contributed by atoms with Gasteiger partial charge in [0, 0.05) is 25.5 Å². The fraction of sp³-hybridized carbons (Fsp3) is 0.412. The minimum absolute atomic E-state index is 0.514. The lowest BCUT2D eigenvalue weighted by molar-refractivity contribution is 0.194. The van der Waals surface area contributed by atoms with Gasteiger partial charge in [0.05, 0.1) is 11.1 Å². The second-order valence-corrected chi connectivity index (χ2v) is 5.92. The number of aromatic nitrogens is 1. The molecule has 0 saturated carbocycles. The van der Waals surface area contributed by atoms with Crippen LogP contribution < -0.4 is 4.74 Å². The highest BCUT2D eigenvalue weighted by molar-refractivity contribution is 6.32. The zero-order valence-corrected chi connectivity index (χ0v) is 13.1. The molecule has 3 nitrogen and oxygen atoms in total. The van der Waals surface area contributed by atoms with Crippen molar-refractivity contribution in [2.75, 3.05) is 19.7 Å². The molecule has 1 atom stereocenters. The summed E-state index contributed by atoms with van der Waals surface area (Å²) in [5.74, 6) is 0.772. The first-order valence-corrected chi connectivity index (χ1v) is 7.86. The summed E-state index contributed by atoms with van der Waals surface area (Å²) in [6.07, 6.45) is 4.60. The van der Waals surface area contributed by atoms with Gasteiger partial charge in [0.1, 0.15) is 12.4 Å². The van der Waals surface area contributed by atoms with Gasteiger partial charge in [-0.3, -0.25) is 4.90 Å². The summed E-state index contributed by atoms with van der Waals surface area (Å²) in [4.78, 5) is 2.51. The maximum atomic E-state index is 6.11. The van der Waals surface area contributed by atoms with Crippen LogP contribution in [0.25, 0.3) is 0 Å². The lowest BCUT2D eigenvalue weighted by Gasteiger charge is -2.25. The van der Waals surface area contributed by atoms with Crippen molar-refractivity contribution in [1.82, 2.24) is 9.47 Å². The second-order valence-electron chi connectivity index (χ2n) is 5.52. The summed E-state index contributed by atoms with van der Waals surface area (Å²) in [5.41, 5.74) is 1.39. The summed E-state index contributed by atoms with van der Waals surface area (Å²) in [5, 5.41) is 0.679. The standard InChI is InChI=1S/C17H21ClN2O/c1-19-10-4-7-15(19)16-8-5-11-20(16)12-13-21-17-9-3-2-6-14(17)18/h2-4,6-7,9-10,16H,5,8,11-13H2,1H3. The van der Waals surface area contributed by atoms with E-state index in [1.54, 1.807) is 0 Å². The molecule has 0 spiro atoms. The van der Waals surface area contributed by atoms with Crippen LogP contribution in [-0.4, -0.2) is 29.2 Å². The zero-order chi connectivity index (χ0) is 14.7. The Hall–Kier alpha value is -1.45. The van der Waals surface area contributed by atoms with Crippen molar-refractivity contribution in [3.05, 3.63) is 53.3 Å². The highest BCUT2D eigenvalue weighted by Gasteiger charge is 2.27. The number of para-hydroxylation sites is 1. The number of hydrogen-bond acceptors (Lipinski definition) is 2. The molecule has 0 N–H and O–H groups in total. The van der Waals surface area contributed by atoms with Crippen molar-refractivity contribution in [2.24, 2.45) is 7.05 Å². The minimum atomic E-state index is 0.514. The number of nitrogens with zero attached hydrogens (tertiary/aromatic N) is 2. The first-order chi connectivity index (χ1) is 10.3. The van der Waals surface area contributed by atoms with E-state index in [1.165, 1.54) is 18.5 Å². The van der Waals surface area contributed by atoms with E-state index in [0.717, 1.165) is 18.8 Å². The molecule has 0 amide bonds. The number of ether oxygens (including phenoxy) is 1. The molecule has 1 fully saturated rings. The Morgan fingerprint density at radius 2 is 2.10 bits per heavy atom. The molecule has 1 aliphatic heterocycles. The Balaban J connectivity index is 1.58. The van der Waals surface area contributed by atoms with E-state index in [0.29, 0.717) is 17.7 Å². The predicted molar refractivity (Wildman–Crippen MR) is 85.9 cm³/mol. The molecule has 1 aromatic carbocycles. The van der Waals surface area contributed by atoms with E-state index < -0.39 is 0 Å². The van der Waals surface area contributed by atoms with Crippen molar-refractivity contribution < 1.29 is 4.74 Å². The zero-order valence-electron chi connectivity index (χ0n) is 12.3. The molecule has 2 heterocycles. The van der Waals surface area contributed by atoms with Crippen LogP contribution in [0.5, 0.6) is 5.75 Å². The SMILES string of the molecule is Cn1cccc1C1CCCN1CCOc1ccccc1Cl. The van der Waals surface area contributed by atoms with Gasteiger partial charge in [-0.05, 0) is 43.7 Å². The Labute approximate surface area is 131 Å². The molecule has 0 radical (unpaired) electrons. The van der Waals surface area contributed by atoms with Crippen LogP contribution in [0.1, 0.15) is 24.6 Å². The number of likely N-dealkylation sites (tertiary alicyclic amines) is 1. The first-order valence-electron chi connectivity index (χ1n) is 7.48. The van der Waals surface area contributed by atoms with Crippen molar-refractivity contribution >= 4 is 11.6 Å². The van der Waals surface area contributed by atoms with Gasteiger partial charge in [-0.2, -0.15) is 0 Å². The molecule has 1 saturated heterocycles. The van der Waals surface area contributed by atoms with Crippen LogP contribution in [0.3, 0.4) is 0 Å². The number of rotatable bonds is 5. The van der Waals surface area contributed by atoms with E-state index in [1.807, 2.05) is 24.3 Å². The largest absolute Gasteiger partial charge is 0.491 e. The molecular weight excluding hydrogens is 284 g/mol. The van der Waals surface area contributed by atoms with Gasteiger partial charge in [0.25, 0.3) is 0 Å². The van der Waals surface area contributed by atoms with E-state index in [2.05, 4.69) is 34.8 Å². The van der Waals surface area contributed by atoms with E-state index >= 15 is 0 Å². The normalized spacial score (nSPS) is 19.0. The summed E-state index contributed by atoms with van der Waals surface area (Å²) in [6.45, 7) is 2.74. The van der Waals surface area contributed by atoms with Gasteiger partial charge < -0.3 is 9.30 Å². The van der Waals surface area contributed by atoms with Gasteiger partial charge in [-0.25, -0.2) is 0 Å². The fourth-order valence-corrected chi connectivity index (χ4v) is 3.27. The third kappa shape index (κ3) is 3.25. The van der Waals surface area contributed by atoms with Crippen LogP contribution >= 0.6 is 11.6 Å². The van der Waals surface area contributed by atoms with Crippen LogP contribution in [0.2, 0.25) is 5.02 Å². The second kappa shape index (κ2) is 6.54. The molecule has 0 aliphatic carbocycles. The third-order valence-corrected chi connectivity index (χ3v) is 4.47. The maximum Gasteiger partial charge on any atom is 0.137 e. The molecule has 112 valence electrons. The lowest BCUT2D eigenvalue weighted by atomic mass is 10.1.